The molecule has 6 nitrogen and oxygen atoms in total. The van der Waals surface area contributed by atoms with Gasteiger partial charge >= 0.3 is 0 Å². The molecule has 0 unspecified atom stereocenters. The predicted molar refractivity (Wildman–Crippen MR) is 129 cm³/mol. The Balaban J connectivity index is 1.21. The minimum Gasteiger partial charge on any atom is -0.497 e. The zero-order valence-corrected chi connectivity index (χ0v) is 19.1. The van der Waals surface area contributed by atoms with E-state index in [2.05, 4.69) is 32.9 Å². The summed E-state index contributed by atoms with van der Waals surface area (Å²) in [7, 11) is 1.71. The third kappa shape index (κ3) is 4.66. The number of nitrogens with zero attached hydrogens (tertiary/aromatic N) is 5. The standard InChI is InChI=1S/C25H28ClN5O/c1-32-23-7-3-6-22(15-23)30-10-12-31(13-11-30)25-27-16-20-18-29(9-8-24(20)28-25)17-19-4-2-5-21(26)14-19/h2-7,14-16H,8-13,17-18H2,1H3. The van der Waals surface area contributed by atoms with Crippen LogP contribution in [0.15, 0.2) is 54.7 Å². The lowest BCUT2D eigenvalue weighted by Crippen LogP contribution is -2.47. The number of hydrogen-bond acceptors (Lipinski definition) is 6. The summed E-state index contributed by atoms with van der Waals surface area (Å²) in [5.41, 5.74) is 4.87. The van der Waals surface area contributed by atoms with Crippen LogP contribution in [0.25, 0.3) is 0 Å². The molecule has 2 aromatic carbocycles. The van der Waals surface area contributed by atoms with Crippen molar-refractivity contribution < 1.29 is 4.74 Å². The highest BCUT2D eigenvalue weighted by molar-refractivity contribution is 6.30. The summed E-state index contributed by atoms with van der Waals surface area (Å²) >= 11 is 6.14. The Bertz CT molecular complexity index is 1080. The van der Waals surface area contributed by atoms with E-state index in [4.69, 9.17) is 26.3 Å². The summed E-state index contributed by atoms with van der Waals surface area (Å²) < 4.78 is 5.37. The highest BCUT2D eigenvalue weighted by Crippen LogP contribution is 2.25. The van der Waals surface area contributed by atoms with Gasteiger partial charge in [0.05, 0.1) is 12.8 Å². The third-order valence-corrected chi connectivity index (χ3v) is 6.51. The summed E-state index contributed by atoms with van der Waals surface area (Å²) in [4.78, 5) is 16.8. The topological polar surface area (TPSA) is 44.7 Å². The molecule has 2 aliphatic rings. The van der Waals surface area contributed by atoms with Crippen molar-refractivity contribution in [2.75, 3.05) is 49.6 Å². The molecule has 0 spiro atoms. The van der Waals surface area contributed by atoms with Crippen molar-refractivity contribution in [2.45, 2.75) is 19.5 Å². The first-order valence-electron chi connectivity index (χ1n) is 11.1. The van der Waals surface area contributed by atoms with Gasteiger partial charge in [0.2, 0.25) is 5.95 Å². The Labute approximate surface area is 194 Å². The fraction of sp³-hybridized carbons (Fsp3) is 0.360. The molecule has 0 N–H and O–H groups in total. The van der Waals surface area contributed by atoms with Crippen molar-refractivity contribution in [3.05, 3.63) is 76.6 Å². The Hall–Kier alpha value is -2.83. The maximum atomic E-state index is 6.14. The van der Waals surface area contributed by atoms with Crippen LogP contribution in [0.4, 0.5) is 11.6 Å². The molecular formula is C25H28ClN5O. The van der Waals surface area contributed by atoms with Gasteiger partial charge < -0.3 is 14.5 Å². The summed E-state index contributed by atoms with van der Waals surface area (Å²) in [6.45, 7) is 6.50. The molecule has 0 saturated carbocycles. The second-order valence-electron chi connectivity index (χ2n) is 8.41. The molecule has 2 aliphatic heterocycles. The highest BCUT2D eigenvalue weighted by atomic mass is 35.5. The third-order valence-electron chi connectivity index (χ3n) is 6.28. The number of anilines is 2. The summed E-state index contributed by atoms with van der Waals surface area (Å²) in [6.07, 6.45) is 2.98. The minimum absolute atomic E-state index is 0.791. The summed E-state index contributed by atoms with van der Waals surface area (Å²) in [6, 6.07) is 16.4. The fourth-order valence-electron chi connectivity index (χ4n) is 4.52. The van der Waals surface area contributed by atoms with Gasteiger partial charge in [-0.3, -0.25) is 4.90 Å². The Morgan fingerprint density at radius 2 is 1.78 bits per heavy atom. The van der Waals surface area contributed by atoms with Gasteiger partial charge in [-0.1, -0.05) is 29.8 Å². The van der Waals surface area contributed by atoms with Crippen LogP contribution in [0.5, 0.6) is 5.75 Å². The van der Waals surface area contributed by atoms with Gasteiger partial charge in [0.25, 0.3) is 0 Å². The Kier molecular flexibility index (Phi) is 6.14. The summed E-state index contributed by atoms with van der Waals surface area (Å²) in [5.74, 6) is 1.75. The Morgan fingerprint density at radius 3 is 2.59 bits per heavy atom. The van der Waals surface area contributed by atoms with Gasteiger partial charge in [-0.05, 0) is 29.8 Å². The monoisotopic (exact) mass is 449 g/mol. The average molecular weight is 450 g/mol. The van der Waals surface area contributed by atoms with Gasteiger partial charge in [-0.2, -0.15) is 0 Å². The predicted octanol–water partition coefficient (Wildman–Crippen LogP) is 4.02. The maximum Gasteiger partial charge on any atom is 0.225 e. The molecule has 3 heterocycles. The van der Waals surface area contributed by atoms with E-state index in [1.165, 1.54) is 22.5 Å². The van der Waals surface area contributed by atoms with E-state index < -0.39 is 0 Å². The van der Waals surface area contributed by atoms with E-state index in [1.54, 1.807) is 7.11 Å². The van der Waals surface area contributed by atoms with Crippen LogP contribution in [0, 0.1) is 0 Å². The molecule has 5 rings (SSSR count). The Morgan fingerprint density at radius 1 is 0.969 bits per heavy atom. The van der Waals surface area contributed by atoms with Gasteiger partial charge in [-0.25, -0.2) is 9.97 Å². The van der Waals surface area contributed by atoms with E-state index in [9.17, 15) is 0 Å². The number of halogens is 1. The number of rotatable bonds is 5. The van der Waals surface area contributed by atoms with Crippen LogP contribution in [-0.4, -0.2) is 54.7 Å². The first kappa shape index (κ1) is 21.0. The first-order valence-corrected chi connectivity index (χ1v) is 11.5. The van der Waals surface area contributed by atoms with Crippen molar-refractivity contribution in [1.82, 2.24) is 14.9 Å². The van der Waals surface area contributed by atoms with Gasteiger partial charge in [0.1, 0.15) is 5.75 Å². The number of hydrogen-bond donors (Lipinski definition) is 0. The van der Waals surface area contributed by atoms with Crippen LogP contribution in [0.2, 0.25) is 5.02 Å². The van der Waals surface area contributed by atoms with Gasteiger partial charge in [0, 0.05) is 80.8 Å². The largest absolute Gasteiger partial charge is 0.497 e. The quantitative estimate of drug-likeness (QED) is 0.586. The van der Waals surface area contributed by atoms with Crippen LogP contribution in [0.1, 0.15) is 16.8 Å². The van der Waals surface area contributed by atoms with Gasteiger partial charge in [0.15, 0.2) is 0 Å². The second kappa shape index (κ2) is 9.35. The molecule has 166 valence electrons. The minimum atomic E-state index is 0.791. The van der Waals surface area contributed by atoms with Crippen molar-refractivity contribution in [3.8, 4) is 5.75 Å². The second-order valence-corrected chi connectivity index (χ2v) is 8.84. The van der Waals surface area contributed by atoms with E-state index >= 15 is 0 Å². The molecule has 0 radical (unpaired) electrons. The average Bonchev–Trinajstić information content (AvgIpc) is 2.84. The van der Waals surface area contributed by atoms with E-state index in [-0.39, 0.29) is 0 Å². The van der Waals surface area contributed by atoms with Crippen LogP contribution < -0.4 is 14.5 Å². The highest BCUT2D eigenvalue weighted by Gasteiger charge is 2.23. The number of fused-ring (bicyclic) bond motifs is 1. The SMILES string of the molecule is COc1cccc(N2CCN(c3ncc4c(n3)CCN(Cc3cccc(Cl)c3)C4)CC2)c1. The molecule has 1 fully saturated rings. The number of benzene rings is 2. The van der Waals surface area contributed by atoms with E-state index in [0.29, 0.717) is 0 Å². The molecule has 7 heteroatoms. The molecule has 0 aliphatic carbocycles. The molecular weight excluding hydrogens is 422 g/mol. The zero-order valence-electron chi connectivity index (χ0n) is 18.4. The zero-order chi connectivity index (χ0) is 21.9. The number of aromatic nitrogens is 2. The molecule has 0 amide bonds. The maximum absolute atomic E-state index is 6.14. The number of ether oxygens (including phenoxy) is 1. The van der Waals surface area contributed by atoms with Gasteiger partial charge in [-0.15, -0.1) is 0 Å². The smallest absolute Gasteiger partial charge is 0.225 e. The lowest BCUT2D eigenvalue weighted by atomic mass is 10.1. The molecule has 1 saturated heterocycles. The van der Waals surface area contributed by atoms with Crippen LogP contribution in [-0.2, 0) is 19.5 Å². The van der Waals surface area contributed by atoms with Crippen LogP contribution >= 0.6 is 11.6 Å². The van der Waals surface area contributed by atoms with E-state index in [1.807, 2.05) is 36.5 Å². The molecule has 0 atom stereocenters. The molecule has 32 heavy (non-hydrogen) atoms. The molecule has 3 aromatic rings. The van der Waals surface area contributed by atoms with Crippen LogP contribution in [0.3, 0.4) is 0 Å². The number of piperazine rings is 1. The first-order chi connectivity index (χ1) is 15.7. The van der Waals surface area contributed by atoms with Crippen molar-refractivity contribution >= 4 is 23.2 Å². The normalized spacial score (nSPS) is 16.7. The van der Waals surface area contributed by atoms with E-state index in [0.717, 1.165) is 69.0 Å². The lowest BCUT2D eigenvalue weighted by Gasteiger charge is -2.36. The van der Waals surface area contributed by atoms with Crippen molar-refractivity contribution in [2.24, 2.45) is 0 Å². The molecule has 1 aromatic heterocycles. The van der Waals surface area contributed by atoms with Crippen molar-refractivity contribution in [3.63, 3.8) is 0 Å². The number of methoxy groups -OCH3 is 1. The fourth-order valence-corrected chi connectivity index (χ4v) is 4.73. The lowest BCUT2D eigenvalue weighted by molar-refractivity contribution is 0.243. The molecule has 0 bridgehead atoms. The summed E-state index contributed by atoms with van der Waals surface area (Å²) in [5, 5.41) is 0.791. The van der Waals surface area contributed by atoms with Crippen molar-refractivity contribution in [1.29, 1.82) is 0 Å².